The summed E-state index contributed by atoms with van der Waals surface area (Å²) in [5, 5.41) is 0. The van der Waals surface area contributed by atoms with E-state index < -0.39 is 0 Å². The van der Waals surface area contributed by atoms with Gasteiger partial charge in [-0.3, -0.25) is 0 Å². The maximum absolute atomic E-state index is 6.29. The summed E-state index contributed by atoms with van der Waals surface area (Å²) in [6.45, 7) is 7.65. The Kier molecular flexibility index (Phi) is 3.95. The Morgan fingerprint density at radius 1 is 1.09 bits per heavy atom. The minimum absolute atomic E-state index is 0.431. The molecule has 0 spiro atoms. The molecule has 0 amide bonds. The Labute approximate surface area is 143 Å². The van der Waals surface area contributed by atoms with E-state index in [9.17, 15) is 0 Å². The molecule has 0 aromatic rings. The Morgan fingerprint density at radius 2 is 1.91 bits per heavy atom. The molecule has 130 valence electrons. The molecule has 0 aromatic heterocycles. The van der Waals surface area contributed by atoms with Gasteiger partial charge in [0.25, 0.3) is 0 Å². The van der Waals surface area contributed by atoms with E-state index in [4.69, 9.17) is 5.73 Å². The summed E-state index contributed by atoms with van der Waals surface area (Å²) in [6.07, 6.45) is 16.6. The molecule has 4 aliphatic carbocycles. The van der Waals surface area contributed by atoms with E-state index in [1.807, 2.05) is 0 Å². The second kappa shape index (κ2) is 5.61. The van der Waals surface area contributed by atoms with E-state index in [0.717, 1.165) is 23.7 Å². The topological polar surface area (TPSA) is 26.0 Å². The Bertz CT molecular complexity index is 494. The van der Waals surface area contributed by atoms with Gasteiger partial charge in [0.15, 0.2) is 0 Å². The van der Waals surface area contributed by atoms with Crippen molar-refractivity contribution < 1.29 is 0 Å². The second-order valence-electron chi connectivity index (χ2n) is 9.87. The molecule has 23 heavy (non-hydrogen) atoms. The van der Waals surface area contributed by atoms with Gasteiger partial charge in [0, 0.05) is 6.04 Å². The highest BCUT2D eigenvalue weighted by Crippen LogP contribution is 2.66. The summed E-state index contributed by atoms with van der Waals surface area (Å²) in [7, 11) is 0. The summed E-state index contributed by atoms with van der Waals surface area (Å²) in [5.41, 5.74) is 9.17. The summed E-state index contributed by atoms with van der Waals surface area (Å²) >= 11 is 0. The lowest BCUT2D eigenvalue weighted by Gasteiger charge is -2.58. The van der Waals surface area contributed by atoms with Gasteiger partial charge in [-0.1, -0.05) is 45.3 Å². The molecule has 3 fully saturated rings. The lowest BCUT2D eigenvalue weighted by atomic mass is 9.47. The van der Waals surface area contributed by atoms with Gasteiger partial charge in [0.05, 0.1) is 0 Å². The molecule has 1 nitrogen and oxygen atoms in total. The summed E-state index contributed by atoms with van der Waals surface area (Å²) < 4.78 is 0. The third kappa shape index (κ3) is 2.29. The molecule has 0 saturated heterocycles. The average molecular weight is 316 g/mol. The standard InChI is InChI=1S/C22H37N/c1-4-5-15-7-9-19-18-8-6-16-14-17(23)10-12-22(16,3)20(18)11-13-21(15,19)2/h6,15,17-20H,4-5,7-14,23H2,1-3H3. The third-order valence-electron chi connectivity index (χ3n) is 8.98. The van der Waals surface area contributed by atoms with E-state index in [1.54, 1.807) is 5.57 Å². The van der Waals surface area contributed by atoms with Crippen molar-refractivity contribution >= 4 is 0 Å². The Balaban J connectivity index is 1.62. The van der Waals surface area contributed by atoms with Gasteiger partial charge < -0.3 is 5.73 Å². The van der Waals surface area contributed by atoms with Crippen molar-refractivity contribution in [3.63, 3.8) is 0 Å². The van der Waals surface area contributed by atoms with Gasteiger partial charge >= 0.3 is 0 Å². The zero-order valence-electron chi connectivity index (χ0n) is 15.6. The van der Waals surface area contributed by atoms with Crippen LogP contribution in [0, 0.1) is 34.5 Å². The van der Waals surface area contributed by atoms with Crippen LogP contribution in [0.4, 0.5) is 0 Å². The zero-order chi connectivity index (χ0) is 16.2. The van der Waals surface area contributed by atoms with Gasteiger partial charge in [0.1, 0.15) is 0 Å². The molecule has 4 aliphatic rings. The van der Waals surface area contributed by atoms with Gasteiger partial charge in [-0.05, 0) is 85.9 Å². The van der Waals surface area contributed by atoms with E-state index in [1.165, 1.54) is 64.2 Å². The van der Waals surface area contributed by atoms with E-state index in [-0.39, 0.29) is 0 Å². The first-order valence-electron chi connectivity index (χ1n) is 10.4. The molecule has 7 atom stereocenters. The highest BCUT2D eigenvalue weighted by Gasteiger charge is 2.58. The molecular formula is C22H37N. The first-order valence-corrected chi connectivity index (χ1v) is 10.4. The molecular weight excluding hydrogens is 278 g/mol. The summed E-state index contributed by atoms with van der Waals surface area (Å²) in [5.74, 6) is 3.94. The molecule has 7 unspecified atom stereocenters. The van der Waals surface area contributed by atoms with Crippen LogP contribution in [-0.2, 0) is 0 Å². The van der Waals surface area contributed by atoms with Gasteiger partial charge in [-0.2, -0.15) is 0 Å². The SMILES string of the molecule is CCCC1CCC2C3CC=C4CC(N)CCC4(C)C3CCC12C. The Hall–Kier alpha value is -0.300. The number of hydrogen-bond acceptors (Lipinski definition) is 1. The highest BCUT2D eigenvalue weighted by atomic mass is 14.7. The normalized spacial score (nSPS) is 52.3. The van der Waals surface area contributed by atoms with Crippen molar-refractivity contribution in [2.75, 3.05) is 0 Å². The van der Waals surface area contributed by atoms with Crippen molar-refractivity contribution in [3.8, 4) is 0 Å². The first kappa shape index (κ1) is 16.2. The number of rotatable bonds is 2. The average Bonchev–Trinajstić information content (AvgIpc) is 2.85. The first-order chi connectivity index (χ1) is 11.0. The van der Waals surface area contributed by atoms with Crippen LogP contribution in [0.25, 0.3) is 0 Å². The molecule has 3 saturated carbocycles. The van der Waals surface area contributed by atoms with Gasteiger partial charge in [-0.25, -0.2) is 0 Å². The lowest BCUT2D eigenvalue weighted by Crippen LogP contribution is -2.51. The predicted molar refractivity (Wildman–Crippen MR) is 98.1 cm³/mol. The molecule has 0 aliphatic heterocycles. The third-order valence-corrected chi connectivity index (χ3v) is 8.98. The van der Waals surface area contributed by atoms with Gasteiger partial charge in [-0.15, -0.1) is 0 Å². The molecule has 1 heteroatoms. The van der Waals surface area contributed by atoms with E-state index in [2.05, 4.69) is 26.8 Å². The van der Waals surface area contributed by atoms with Crippen molar-refractivity contribution in [2.45, 2.75) is 91.0 Å². The largest absolute Gasteiger partial charge is 0.327 e. The quantitative estimate of drug-likeness (QED) is 0.651. The molecule has 0 heterocycles. The van der Waals surface area contributed by atoms with Crippen molar-refractivity contribution in [3.05, 3.63) is 11.6 Å². The summed E-state index contributed by atoms with van der Waals surface area (Å²) in [4.78, 5) is 0. The number of nitrogens with two attached hydrogens (primary N) is 1. The highest BCUT2D eigenvalue weighted by molar-refractivity contribution is 5.25. The van der Waals surface area contributed by atoms with Crippen molar-refractivity contribution in [1.29, 1.82) is 0 Å². The van der Waals surface area contributed by atoms with E-state index >= 15 is 0 Å². The smallest absolute Gasteiger partial charge is 0.00766 e. The molecule has 0 aromatic carbocycles. The lowest BCUT2D eigenvalue weighted by molar-refractivity contribution is -0.0432. The van der Waals surface area contributed by atoms with Crippen LogP contribution in [0.2, 0.25) is 0 Å². The van der Waals surface area contributed by atoms with E-state index in [0.29, 0.717) is 16.9 Å². The van der Waals surface area contributed by atoms with Crippen LogP contribution in [0.1, 0.15) is 85.0 Å². The van der Waals surface area contributed by atoms with Gasteiger partial charge in [0.2, 0.25) is 0 Å². The maximum Gasteiger partial charge on any atom is 0.00766 e. The Morgan fingerprint density at radius 3 is 2.70 bits per heavy atom. The monoisotopic (exact) mass is 315 g/mol. The molecule has 0 radical (unpaired) electrons. The van der Waals surface area contributed by atoms with Crippen LogP contribution < -0.4 is 5.73 Å². The summed E-state index contributed by atoms with van der Waals surface area (Å²) in [6, 6.07) is 0.431. The fourth-order valence-corrected chi connectivity index (χ4v) is 7.62. The fourth-order valence-electron chi connectivity index (χ4n) is 7.62. The maximum atomic E-state index is 6.29. The molecule has 0 bridgehead atoms. The molecule has 4 rings (SSSR count). The van der Waals surface area contributed by atoms with Crippen LogP contribution in [0.15, 0.2) is 11.6 Å². The molecule has 2 N–H and O–H groups in total. The number of fused-ring (bicyclic) bond motifs is 5. The van der Waals surface area contributed by atoms with Crippen molar-refractivity contribution in [1.82, 2.24) is 0 Å². The van der Waals surface area contributed by atoms with Crippen molar-refractivity contribution in [2.24, 2.45) is 40.2 Å². The number of hydrogen-bond donors (Lipinski definition) is 1. The fraction of sp³-hybridized carbons (Fsp3) is 0.909. The zero-order valence-corrected chi connectivity index (χ0v) is 15.6. The second-order valence-corrected chi connectivity index (χ2v) is 9.87. The van der Waals surface area contributed by atoms with Crippen LogP contribution in [0.5, 0.6) is 0 Å². The number of allylic oxidation sites excluding steroid dienone is 1. The van der Waals surface area contributed by atoms with Crippen LogP contribution in [0.3, 0.4) is 0 Å². The van der Waals surface area contributed by atoms with Crippen LogP contribution >= 0.6 is 0 Å². The van der Waals surface area contributed by atoms with Crippen LogP contribution in [-0.4, -0.2) is 6.04 Å². The minimum atomic E-state index is 0.431. The predicted octanol–water partition coefficient (Wildman–Crippen LogP) is 5.69. The minimum Gasteiger partial charge on any atom is -0.327 e.